The second-order valence-electron chi connectivity index (χ2n) is 3.46. The van der Waals surface area contributed by atoms with Crippen LogP contribution in [0.1, 0.15) is 12.5 Å². The van der Waals surface area contributed by atoms with E-state index in [2.05, 4.69) is 4.74 Å². The van der Waals surface area contributed by atoms with E-state index in [-0.39, 0.29) is 11.4 Å². The van der Waals surface area contributed by atoms with Crippen LogP contribution in [0.4, 0.5) is 5.69 Å². The van der Waals surface area contributed by atoms with E-state index in [4.69, 9.17) is 4.74 Å². The number of nitrogens with zero attached hydrogens (tertiary/aromatic N) is 1. The van der Waals surface area contributed by atoms with Crippen molar-refractivity contribution < 1.29 is 19.2 Å². The van der Waals surface area contributed by atoms with Crippen LogP contribution in [0.5, 0.6) is 5.75 Å². The second-order valence-corrected chi connectivity index (χ2v) is 3.46. The van der Waals surface area contributed by atoms with E-state index in [0.29, 0.717) is 5.56 Å². The molecule has 1 rings (SSSR count). The lowest BCUT2D eigenvalue weighted by Gasteiger charge is -2.14. The summed E-state index contributed by atoms with van der Waals surface area (Å²) in [5.41, 5.74) is 0.427. The third kappa shape index (κ3) is 2.93. The van der Waals surface area contributed by atoms with Crippen LogP contribution in [0.15, 0.2) is 18.2 Å². The smallest absolute Gasteiger partial charge is 0.346 e. The first-order valence-corrected chi connectivity index (χ1v) is 4.96. The molecule has 0 aliphatic carbocycles. The van der Waals surface area contributed by atoms with Gasteiger partial charge in [-0.2, -0.15) is 0 Å². The number of rotatable bonds is 4. The third-order valence-electron chi connectivity index (χ3n) is 2.22. The monoisotopic (exact) mass is 239 g/mol. The molecule has 1 unspecified atom stereocenters. The van der Waals surface area contributed by atoms with Crippen LogP contribution in [0.3, 0.4) is 0 Å². The van der Waals surface area contributed by atoms with Gasteiger partial charge >= 0.3 is 11.7 Å². The number of methoxy groups -OCH3 is 1. The van der Waals surface area contributed by atoms with Gasteiger partial charge in [-0.15, -0.1) is 0 Å². The summed E-state index contributed by atoms with van der Waals surface area (Å²) < 4.78 is 9.76. The summed E-state index contributed by atoms with van der Waals surface area (Å²) in [4.78, 5) is 21.4. The lowest BCUT2D eigenvalue weighted by molar-refractivity contribution is -0.386. The van der Waals surface area contributed by atoms with Crippen LogP contribution >= 0.6 is 0 Å². The number of benzene rings is 1. The van der Waals surface area contributed by atoms with Crippen LogP contribution < -0.4 is 4.74 Å². The molecular formula is C11H13NO5. The van der Waals surface area contributed by atoms with E-state index in [1.54, 1.807) is 19.1 Å². The van der Waals surface area contributed by atoms with E-state index in [9.17, 15) is 14.9 Å². The zero-order chi connectivity index (χ0) is 13.0. The van der Waals surface area contributed by atoms with E-state index in [1.165, 1.54) is 20.1 Å². The molecule has 6 nitrogen and oxygen atoms in total. The average Bonchev–Trinajstić information content (AvgIpc) is 2.30. The number of nitro groups is 1. The van der Waals surface area contributed by atoms with Crippen molar-refractivity contribution in [3.05, 3.63) is 33.9 Å². The van der Waals surface area contributed by atoms with Crippen LogP contribution in [0.2, 0.25) is 0 Å². The Morgan fingerprint density at radius 1 is 1.47 bits per heavy atom. The first-order chi connectivity index (χ1) is 7.97. The van der Waals surface area contributed by atoms with Crippen molar-refractivity contribution in [1.29, 1.82) is 0 Å². The zero-order valence-electron chi connectivity index (χ0n) is 9.80. The Labute approximate surface area is 98.3 Å². The minimum absolute atomic E-state index is 0.0930. The Morgan fingerprint density at radius 3 is 2.65 bits per heavy atom. The maximum atomic E-state index is 11.2. The predicted molar refractivity (Wildman–Crippen MR) is 59.9 cm³/mol. The molecule has 0 saturated heterocycles. The molecule has 0 N–H and O–H groups in total. The highest BCUT2D eigenvalue weighted by atomic mass is 16.6. The van der Waals surface area contributed by atoms with Gasteiger partial charge in [-0.1, -0.05) is 12.1 Å². The van der Waals surface area contributed by atoms with Crippen molar-refractivity contribution in [1.82, 2.24) is 0 Å². The topological polar surface area (TPSA) is 78.7 Å². The number of nitro benzene ring substituents is 1. The fourth-order valence-corrected chi connectivity index (χ4v) is 1.32. The molecule has 92 valence electrons. The first kappa shape index (κ1) is 13.0. The molecule has 0 radical (unpaired) electrons. The number of carbonyl (C=O) groups excluding carboxylic acids is 1. The molecular weight excluding hydrogens is 226 g/mol. The van der Waals surface area contributed by atoms with Crippen molar-refractivity contribution in [2.24, 2.45) is 0 Å². The summed E-state index contributed by atoms with van der Waals surface area (Å²) in [6.07, 6.45) is -0.889. The summed E-state index contributed by atoms with van der Waals surface area (Å²) in [5, 5.41) is 10.8. The average molecular weight is 239 g/mol. The van der Waals surface area contributed by atoms with Gasteiger partial charge in [0, 0.05) is 6.07 Å². The van der Waals surface area contributed by atoms with Crippen molar-refractivity contribution in [2.45, 2.75) is 20.0 Å². The maximum Gasteiger partial charge on any atom is 0.346 e. The summed E-state index contributed by atoms with van der Waals surface area (Å²) >= 11 is 0. The number of para-hydroxylation sites is 1. The molecule has 0 fully saturated rings. The summed E-state index contributed by atoms with van der Waals surface area (Å²) in [7, 11) is 1.23. The van der Waals surface area contributed by atoms with Crippen molar-refractivity contribution in [3.63, 3.8) is 0 Å². The molecule has 0 aliphatic heterocycles. The normalized spacial score (nSPS) is 11.7. The molecule has 0 spiro atoms. The molecule has 1 aromatic carbocycles. The van der Waals surface area contributed by atoms with Gasteiger partial charge in [0.2, 0.25) is 5.75 Å². The van der Waals surface area contributed by atoms with Gasteiger partial charge in [0.25, 0.3) is 0 Å². The lowest BCUT2D eigenvalue weighted by atomic mass is 10.2. The lowest BCUT2D eigenvalue weighted by Crippen LogP contribution is -2.25. The van der Waals surface area contributed by atoms with Gasteiger partial charge in [0.1, 0.15) is 0 Å². The number of hydrogen-bond acceptors (Lipinski definition) is 5. The number of hydrogen-bond donors (Lipinski definition) is 0. The quantitative estimate of drug-likeness (QED) is 0.455. The zero-order valence-corrected chi connectivity index (χ0v) is 9.80. The van der Waals surface area contributed by atoms with Gasteiger partial charge in [-0.25, -0.2) is 4.79 Å². The highest BCUT2D eigenvalue weighted by molar-refractivity contribution is 5.74. The minimum atomic E-state index is -0.889. The summed E-state index contributed by atoms with van der Waals surface area (Å²) in [6.45, 7) is 3.15. The van der Waals surface area contributed by atoms with Crippen LogP contribution in [-0.2, 0) is 9.53 Å². The van der Waals surface area contributed by atoms with Crippen molar-refractivity contribution in [3.8, 4) is 5.75 Å². The van der Waals surface area contributed by atoms with Crippen LogP contribution in [-0.4, -0.2) is 24.1 Å². The molecule has 6 heteroatoms. The Bertz CT molecular complexity index is 443. The molecule has 0 bridgehead atoms. The predicted octanol–water partition coefficient (Wildman–Crippen LogP) is 1.84. The summed E-state index contributed by atoms with van der Waals surface area (Å²) in [5.74, 6) is -0.488. The minimum Gasteiger partial charge on any atom is -0.472 e. The maximum absolute atomic E-state index is 11.2. The SMILES string of the molecule is COC(=O)C(C)Oc1c(C)cccc1[N+](=O)[O-]. The van der Waals surface area contributed by atoms with Gasteiger partial charge in [-0.05, 0) is 19.4 Å². The molecule has 1 aromatic rings. The number of ether oxygens (including phenoxy) is 2. The van der Waals surface area contributed by atoms with E-state index in [1.807, 2.05) is 0 Å². The molecule has 0 amide bonds. The largest absolute Gasteiger partial charge is 0.472 e. The second kappa shape index (κ2) is 5.29. The van der Waals surface area contributed by atoms with Crippen molar-refractivity contribution in [2.75, 3.05) is 7.11 Å². The van der Waals surface area contributed by atoms with Crippen LogP contribution in [0.25, 0.3) is 0 Å². The van der Waals surface area contributed by atoms with Crippen molar-refractivity contribution >= 4 is 11.7 Å². The standard InChI is InChI=1S/C11H13NO5/c1-7-5-4-6-9(12(14)15)10(7)17-8(2)11(13)16-3/h4-6,8H,1-3H3. The number of carbonyl (C=O) groups is 1. The Balaban J connectivity index is 3.05. The van der Waals surface area contributed by atoms with E-state index < -0.39 is 17.0 Å². The first-order valence-electron chi connectivity index (χ1n) is 4.96. The number of esters is 1. The molecule has 0 aliphatic rings. The molecule has 17 heavy (non-hydrogen) atoms. The highest BCUT2D eigenvalue weighted by Gasteiger charge is 2.22. The molecule has 1 atom stereocenters. The van der Waals surface area contributed by atoms with Gasteiger partial charge in [0.15, 0.2) is 6.10 Å². The van der Waals surface area contributed by atoms with Gasteiger partial charge in [0.05, 0.1) is 12.0 Å². The number of aryl methyl sites for hydroxylation is 1. The van der Waals surface area contributed by atoms with Crippen LogP contribution in [0, 0.1) is 17.0 Å². The Morgan fingerprint density at radius 2 is 2.12 bits per heavy atom. The molecule has 0 heterocycles. The van der Waals surface area contributed by atoms with E-state index in [0.717, 1.165) is 0 Å². The van der Waals surface area contributed by atoms with E-state index >= 15 is 0 Å². The Hall–Kier alpha value is -2.11. The highest BCUT2D eigenvalue weighted by Crippen LogP contribution is 2.31. The Kier molecular flexibility index (Phi) is 4.03. The van der Waals surface area contributed by atoms with Gasteiger partial charge < -0.3 is 9.47 Å². The summed E-state index contributed by atoms with van der Waals surface area (Å²) in [6, 6.07) is 4.56. The van der Waals surface area contributed by atoms with Gasteiger partial charge in [-0.3, -0.25) is 10.1 Å². The third-order valence-corrected chi connectivity index (χ3v) is 2.22. The molecule has 0 saturated carbocycles. The molecule has 0 aromatic heterocycles. The fraction of sp³-hybridized carbons (Fsp3) is 0.364. The fourth-order valence-electron chi connectivity index (χ4n) is 1.32.